The van der Waals surface area contributed by atoms with Crippen molar-refractivity contribution < 1.29 is 22.3 Å². The minimum Gasteiger partial charge on any atom is -0.497 e. The fourth-order valence-corrected chi connectivity index (χ4v) is 7.76. The minimum atomic E-state index is -4.31. The van der Waals surface area contributed by atoms with Crippen molar-refractivity contribution in [2.45, 2.75) is 30.8 Å². The number of rotatable bonds is 12. The van der Waals surface area contributed by atoms with Crippen molar-refractivity contribution in [1.82, 2.24) is 4.98 Å². The zero-order valence-corrected chi connectivity index (χ0v) is 27.8. The number of halogens is 3. The van der Waals surface area contributed by atoms with E-state index in [0.717, 1.165) is 5.56 Å². The number of ether oxygens (including phenoxy) is 2. The highest BCUT2D eigenvalue weighted by atomic mass is 35.5. The molecular weight excluding hydrogens is 656 g/mol. The van der Waals surface area contributed by atoms with Gasteiger partial charge in [0.15, 0.2) is 5.13 Å². The van der Waals surface area contributed by atoms with Crippen molar-refractivity contribution >= 4 is 55.4 Å². The minimum absolute atomic E-state index is 0.0000224. The molecule has 0 aliphatic rings. The highest BCUT2D eigenvalue weighted by molar-refractivity contribution is 7.93. The lowest BCUT2D eigenvalue weighted by Gasteiger charge is -2.25. The Morgan fingerprint density at radius 2 is 1.71 bits per heavy atom. The summed E-state index contributed by atoms with van der Waals surface area (Å²) in [6.45, 7) is 1.86. The Kier molecular flexibility index (Phi) is 10.2. The van der Waals surface area contributed by atoms with Crippen LogP contribution in [0, 0.1) is 5.82 Å². The van der Waals surface area contributed by atoms with Crippen LogP contribution in [0.5, 0.6) is 11.5 Å². The summed E-state index contributed by atoms with van der Waals surface area (Å²) in [6, 6.07) is 21.7. The van der Waals surface area contributed by atoms with E-state index in [-0.39, 0.29) is 34.1 Å². The van der Waals surface area contributed by atoms with E-state index >= 15 is 0 Å². The molecule has 0 saturated carbocycles. The molecule has 234 valence electrons. The van der Waals surface area contributed by atoms with E-state index in [4.69, 9.17) is 32.7 Å². The number of anilines is 2. The van der Waals surface area contributed by atoms with Gasteiger partial charge < -0.3 is 14.8 Å². The van der Waals surface area contributed by atoms with Crippen molar-refractivity contribution in [1.29, 1.82) is 0 Å². The number of hydrogen-bond donors (Lipinski definition) is 1. The first-order valence-corrected chi connectivity index (χ1v) is 16.9. The number of methoxy groups -OCH3 is 2. The summed E-state index contributed by atoms with van der Waals surface area (Å²) in [4.78, 5) is 4.26. The van der Waals surface area contributed by atoms with E-state index in [1.807, 2.05) is 19.1 Å². The number of aromatic nitrogens is 1. The number of nitrogens with one attached hydrogen (secondary N) is 1. The van der Waals surface area contributed by atoms with Crippen LogP contribution < -0.4 is 19.1 Å². The van der Waals surface area contributed by atoms with Crippen molar-refractivity contribution in [3.05, 3.63) is 129 Å². The van der Waals surface area contributed by atoms with Crippen LogP contribution in [0.15, 0.2) is 95.3 Å². The molecule has 0 bridgehead atoms. The van der Waals surface area contributed by atoms with Gasteiger partial charge in [-0.15, -0.1) is 11.3 Å². The van der Waals surface area contributed by atoms with E-state index in [1.165, 1.54) is 48.2 Å². The fourth-order valence-electron chi connectivity index (χ4n) is 4.85. The van der Waals surface area contributed by atoms with Crippen LogP contribution in [-0.2, 0) is 23.0 Å². The van der Waals surface area contributed by atoms with Crippen LogP contribution in [0.3, 0.4) is 0 Å². The normalized spacial score (nSPS) is 12.0. The van der Waals surface area contributed by atoms with E-state index < -0.39 is 15.8 Å². The van der Waals surface area contributed by atoms with Crippen LogP contribution in [0.2, 0.25) is 10.0 Å². The van der Waals surface area contributed by atoms with Gasteiger partial charge in [0.05, 0.1) is 36.4 Å². The van der Waals surface area contributed by atoms with E-state index in [9.17, 15) is 12.8 Å². The van der Waals surface area contributed by atoms with Gasteiger partial charge in [0.1, 0.15) is 17.3 Å². The van der Waals surface area contributed by atoms with Crippen molar-refractivity contribution in [2.24, 2.45) is 0 Å². The third-order valence-corrected chi connectivity index (χ3v) is 10.5. The highest BCUT2D eigenvalue weighted by Gasteiger charge is 2.31. The maximum Gasteiger partial charge on any atom is 0.266 e. The summed E-state index contributed by atoms with van der Waals surface area (Å²) in [5.74, 6) is 0.570. The van der Waals surface area contributed by atoms with Crippen LogP contribution >= 0.6 is 34.5 Å². The first kappa shape index (κ1) is 32.6. The van der Waals surface area contributed by atoms with Gasteiger partial charge in [-0.05, 0) is 66.1 Å². The summed E-state index contributed by atoms with van der Waals surface area (Å²) in [5, 5.41) is 6.12. The highest BCUT2D eigenvalue weighted by Crippen LogP contribution is 2.38. The second-order valence-corrected chi connectivity index (χ2v) is 13.7. The monoisotopic (exact) mass is 685 g/mol. The Labute approximate surface area is 276 Å². The molecule has 1 atom stereocenters. The number of nitrogens with zero attached hydrogens (tertiary/aromatic N) is 2. The number of benzene rings is 4. The lowest BCUT2D eigenvalue weighted by atomic mass is 10.0. The molecule has 7 nitrogen and oxygen atoms in total. The molecule has 0 fully saturated rings. The molecule has 12 heteroatoms. The summed E-state index contributed by atoms with van der Waals surface area (Å²) >= 11 is 14.0. The fraction of sp³-hybridized carbons (Fsp3) is 0.182. The molecule has 0 radical (unpaired) electrons. The molecule has 0 amide bonds. The Bertz CT molecular complexity index is 1890. The molecule has 0 aliphatic carbocycles. The second kappa shape index (κ2) is 14.1. The smallest absolute Gasteiger partial charge is 0.266 e. The van der Waals surface area contributed by atoms with E-state index in [0.29, 0.717) is 38.9 Å². The third kappa shape index (κ3) is 7.36. The number of sulfonamides is 1. The van der Waals surface area contributed by atoms with E-state index in [1.54, 1.807) is 60.0 Å². The molecule has 45 heavy (non-hydrogen) atoms. The SMILES string of the molecule is COc1ccc(CN(c2nccs2)S(=O)(=O)c2cc(Cl)c(NC(C)c3ccc(Cl)cc3)cc2Cc2ccccc2F)c(OC)c1. The van der Waals surface area contributed by atoms with Gasteiger partial charge in [0.2, 0.25) is 0 Å². The Morgan fingerprint density at radius 3 is 2.38 bits per heavy atom. The lowest BCUT2D eigenvalue weighted by molar-refractivity contribution is 0.391. The van der Waals surface area contributed by atoms with Crippen LogP contribution in [0.4, 0.5) is 15.2 Å². The first-order chi connectivity index (χ1) is 21.6. The zero-order valence-electron chi connectivity index (χ0n) is 24.6. The van der Waals surface area contributed by atoms with Gasteiger partial charge >= 0.3 is 0 Å². The summed E-state index contributed by atoms with van der Waals surface area (Å²) in [7, 11) is -1.26. The Balaban J connectivity index is 1.61. The maximum absolute atomic E-state index is 14.9. The summed E-state index contributed by atoms with van der Waals surface area (Å²) in [5.41, 5.74) is 2.74. The first-order valence-electron chi connectivity index (χ1n) is 13.8. The number of hydrogen-bond acceptors (Lipinski definition) is 7. The second-order valence-electron chi connectivity index (χ2n) is 10.1. The molecule has 0 spiro atoms. The average Bonchev–Trinajstić information content (AvgIpc) is 3.57. The van der Waals surface area contributed by atoms with Crippen LogP contribution in [0.25, 0.3) is 0 Å². The average molecular weight is 687 g/mol. The molecule has 4 aromatic carbocycles. The Hall–Kier alpha value is -3.83. The zero-order chi connectivity index (χ0) is 32.1. The molecule has 1 aromatic heterocycles. The Morgan fingerprint density at radius 1 is 0.956 bits per heavy atom. The van der Waals surface area contributed by atoms with Crippen LogP contribution in [-0.4, -0.2) is 27.6 Å². The van der Waals surface area contributed by atoms with Gasteiger partial charge in [-0.3, -0.25) is 0 Å². The maximum atomic E-state index is 14.9. The van der Waals surface area contributed by atoms with E-state index in [2.05, 4.69) is 10.3 Å². The van der Waals surface area contributed by atoms with Crippen molar-refractivity contribution in [2.75, 3.05) is 23.8 Å². The predicted octanol–water partition coefficient (Wildman–Crippen LogP) is 8.77. The standard InChI is InChI=1S/C33H30Cl2FN3O4S2/c1-21(22-8-11-26(34)12-9-22)38-30-17-25(16-23-6-4-5-7-29(23)36)32(19-28(30)35)45(40,41)39(33-37-14-15-44-33)20-24-10-13-27(42-2)18-31(24)43-3/h4-15,17-19,21,38H,16,20H2,1-3H3. The predicted molar refractivity (Wildman–Crippen MR) is 179 cm³/mol. The summed E-state index contributed by atoms with van der Waals surface area (Å²) in [6.07, 6.45) is 1.53. The van der Waals surface area contributed by atoms with Crippen molar-refractivity contribution in [3.63, 3.8) is 0 Å². The van der Waals surface area contributed by atoms with Crippen molar-refractivity contribution in [3.8, 4) is 11.5 Å². The number of thiazole rings is 1. The molecule has 1 N–H and O–H groups in total. The van der Waals surface area contributed by atoms with Gasteiger partial charge in [-0.25, -0.2) is 22.1 Å². The third-order valence-electron chi connectivity index (χ3n) is 7.24. The molecule has 1 unspecified atom stereocenters. The quantitative estimate of drug-likeness (QED) is 0.141. The van der Waals surface area contributed by atoms with Crippen LogP contribution in [0.1, 0.15) is 35.2 Å². The molecule has 0 saturated heterocycles. The topological polar surface area (TPSA) is 80.8 Å². The van der Waals surface area contributed by atoms with Gasteiger partial charge in [0, 0.05) is 40.7 Å². The molecule has 5 aromatic rings. The van der Waals surface area contributed by atoms with Gasteiger partial charge in [-0.2, -0.15) is 0 Å². The molecule has 1 heterocycles. The molecule has 0 aliphatic heterocycles. The molecular formula is C33H30Cl2FN3O4S2. The largest absolute Gasteiger partial charge is 0.497 e. The summed E-state index contributed by atoms with van der Waals surface area (Å²) < 4.78 is 56.3. The van der Waals surface area contributed by atoms with Gasteiger partial charge in [0.25, 0.3) is 10.0 Å². The van der Waals surface area contributed by atoms with Gasteiger partial charge in [-0.1, -0.05) is 53.5 Å². The molecule has 5 rings (SSSR count). The lowest BCUT2D eigenvalue weighted by Crippen LogP contribution is -2.31.